The average molecular weight is 385 g/mol. The van der Waals surface area contributed by atoms with Crippen LogP contribution in [0.15, 0.2) is 35.0 Å². The maximum absolute atomic E-state index is 12.0. The van der Waals surface area contributed by atoms with Gasteiger partial charge in [0.05, 0.1) is 6.04 Å². The third kappa shape index (κ3) is 5.51. The molecule has 2 N–H and O–H groups in total. The van der Waals surface area contributed by atoms with Gasteiger partial charge in [-0.05, 0) is 42.5 Å². The fraction of sp³-hybridized carbons (Fsp3) is 0.294. The molecule has 2 amide bonds. The van der Waals surface area contributed by atoms with E-state index in [1.54, 1.807) is 29.6 Å². The highest BCUT2D eigenvalue weighted by Crippen LogP contribution is 2.26. The maximum Gasteiger partial charge on any atom is 0.252 e. The number of halogens is 2. The van der Waals surface area contributed by atoms with Gasteiger partial charge in [-0.25, -0.2) is 0 Å². The Kier molecular flexibility index (Phi) is 7.09. The number of thiophene rings is 1. The molecule has 0 saturated carbocycles. The Bertz CT molecular complexity index is 705. The monoisotopic (exact) mass is 384 g/mol. The fourth-order valence-corrected chi connectivity index (χ4v) is 3.40. The van der Waals surface area contributed by atoms with Gasteiger partial charge in [-0.2, -0.15) is 11.3 Å². The van der Waals surface area contributed by atoms with Gasteiger partial charge in [0.2, 0.25) is 5.91 Å². The average Bonchev–Trinajstić information content (AvgIpc) is 3.05. The standard InChI is InChI=1S/C17H18Cl2N2O2S/c1-11(14-5-4-13(18)9-15(14)19)21-16(22)3-2-7-20-17(23)12-6-8-24-10-12/h4-6,8-11H,2-3,7H2,1H3,(H,20,23)(H,21,22). The van der Waals surface area contributed by atoms with Crippen LogP contribution in [0.25, 0.3) is 0 Å². The van der Waals surface area contributed by atoms with Crippen molar-refractivity contribution in [2.45, 2.75) is 25.8 Å². The van der Waals surface area contributed by atoms with Crippen LogP contribution in [0.2, 0.25) is 10.0 Å². The third-order valence-corrected chi connectivity index (χ3v) is 4.70. The van der Waals surface area contributed by atoms with Crippen LogP contribution >= 0.6 is 34.5 Å². The maximum atomic E-state index is 12.0. The van der Waals surface area contributed by atoms with Crippen molar-refractivity contribution in [1.82, 2.24) is 10.6 Å². The SMILES string of the molecule is CC(NC(=O)CCCNC(=O)c1ccsc1)c1ccc(Cl)cc1Cl. The Morgan fingerprint density at radius 2 is 2.04 bits per heavy atom. The third-order valence-electron chi connectivity index (χ3n) is 3.46. The van der Waals surface area contributed by atoms with E-state index in [0.29, 0.717) is 35.0 Å². The molecule has 0 aliphatic rings. The molecule has 4 nitrogen and oxygen atoms in total. The lowest BCUT2D eigenvalue weighted by Crippen LogP contribution is -2.29. The lowest BCUT2D eigenvalue weighted by atomic mass is 10.1. The van der Waals surface area contributed by atoms with Crippen molar-refractivity contribution in [3.63, 3.8) is 0 Å². The molecule has 0 fully saturated rings. The molecule has 7 heteroatoms. The van der Waals surface area contributed by atoms with Crippen molar-refractivity contribution in [2.75, 3.05) is 6.54 Å². The van der Waals surface area contributed by atoms with Gasteiger partial charge in [0.25, 0.3) is 5.91 Å². The van der Waals surface area contributed by atoms with E-state index >= 15 is 0 Å². The van der Waals surface area contributed by atoms with Gasteiger partial charge in [0, 0.05) is 34.0 Å². The van der Waals surface area contributed by atoms with Crippen molar-refractivity contribution in [3.05, 3.63) is 56.2 Å². The molecular formula is C17H18Cl2N2O2S. The highest BCUT2D eigenvalue weighted by molar-refractivity contribution is 7.08. The van der Waals surface area contributed by atoms with Gasteiger partial charge in [-0.15, -0.1) is 0 Å². The molecule has 1 aromatic carbocycles. The fourth-order valence-electron chi connectivity index (χ4n) is 2.19. The molecule has 2 rings (SSSR count). The molecule has 0 spiro atoms. The van der Waals surface area contributed by atoms with Crippen LogP contribution in [0, 0.1) is 0 Å². The van der Waals surface area contributed by atoms with Crippen LogP contribution in [-0.2, 0) is 4.79 Å². The first-order valence-corrected chi connectivity index (χ1v) is 9.22. The van der Waals surface area contributed by atoms with E-state index in [1.165, 1.54) is 11.3 Å². The number of benzene rings is 1. The zero-order valence-electron chi connectivity index (χ0n) is 13.1. The summed E-state index contributed by atoms with van der Waals surface area (Å²) in [4.78, 5) is 23.7. The zero-order valence-corrected chi connectivity index (χ0v) is 15.5. The van der Waals surface area contributed by atoms with Gasteiger partial charge in [-0.3, -0.25) is 9.59 Å². The minimum atomic E-state index is -0.206. The minimum absolute atomic E-state index is 0.0849. The summed E-state index contributed by atoms with van der Waals surface area (Å²) < 4.78 is 0. The largest absolute Gasteiger partial charge is 0.352 e. The van der Waals surface area contributed by atoms with Crippen molar-refractivity contribution in [2.24, 2.45) is 0 Å². The molecule has 2 aromatic rings. The number of amides is 2. The molecule has 0 saturated heterocycles. The molecule has 0 radical (unpaired) electrons. The zero-order chi connectivity index (χ0) is 17.5. The van der Waals surface area contributed by atoms with Crippen LogP contribution in [0.4, 0.5) is 0 Å². The highest BCUT2D eigenvalue weighted by Gasteiger charge is 2.13. The first-order valence-electron chi connectivity index (χ1n) is 7.52. The molecule has 0 aliphatic carbocycles. The second-order valence-electron chi connectivity index (χ2n) is 5.33. The predicted octanol–water partition coefficient (Wildman–Crippen LogP) is 4.44. The van der Waals surface area contributed by atoms with Crippen LogP contribution in [-0.4, -0.2) is 18.4 Å². The summed E-state index contributed by atoms with van der Waals surface area (Å²) in [6.45, 7) is 2.32. The van der Waals surface area contributed by atoms with Gasteiger partial charge in [0.1, 0.15) is 0 Å². The second-order valence-corrected chi connectivity index (χ2v) is 6.95. The van der Waals surface area contributed by atoms with Crippen molar-refractivity contribution in [1.29, 1.82) is 0 Å². The molecule has 1 heterocycles. The Balaban J connectivity index is 1.72. The van der Waals surface area contributed by atoms with E-state index in [1.807, 2.05) is 12.3 Å². The number of hydrogen-bond donors (Lipinski definition) is 2. The molecule has 0 aliphatic heterocycles. The van der Waals surface area contributed by atoms with Crippen molar-refractivity contribution < 1.29 is 9.59 Å². The van der Waals surface area contributed by atoms with Gasteiger partial charge in [-0.1, -0.05) is 29.3 Å². The van der Waals surface area contributed by atoms with Crippen LogP contribution in [0.5, 0.6) is 0 Å². The van der Waals surface area contributed by atoms with E-state index in [0.717, 1.165) is 5.56 Å². The van der Waals surface area contributed by atoms with Crippen LogP contribution < -0.4 is 10.6 Å². The normalized spacial score (nSPS) is 11.8. The number of carbonyl (C=O) groups excluding carboxylic acids is 2. The number of carbonyl (C=O) groups is 2. The van der Waals surface area contributed by atoms with E-state index in [4.69, 9.17) is 23.2 Å². The summed E-state index contributed by atoms with van der Waals surface area (Å²) in [6.07, 6.45) is 0.905. The van der Waals surface area contributed by atoms with Gasteiger partial charge in [0.15, 0.2) is 0 Å². The number of nitrogens with one attached hydrogen (secondary N) is 2. The second kappa shape index (κ2) is 9.06. The molecule has 0 bridgehead atoms. The summed E-state index contributed by atoms with van der Waals surface area (Å²) >= 11 is 13.5. The van der Waals surface area contributed by atoms with Crippen LogP contribution in [0.1, 0.15) is 41.7 Å². The van der Waals surface area contributed by atoms with Crippen molar-refractivity contribution in [3.8, 4) is 0 Å². The molecule has 1 aromatic heterocycles. The summed E-state index contributed by atoms with van der Waals surface area (Å²) in [7, 11) is 0. The smallest absolute Gasteiger partial charge is 0.252 e. The Morgan fingerprint density at radius 3 is 2.71 bits per heavy atom. The van der Waals surface area contributed by atoms with Gasteiger partial charge >= 0.3 is 0 Å². The Morgan fingerprint density at radius 1 is 1.25 bits per heavy atom. The Labute approximate surface area is 155 Å². The minimum Gasteiger partial charge on any atom is -0.352 e. The van der Waals surface area contributed by atoms with E-state index < -0.39 is 0 Å². The Hall–Kier alpha value is -1.56. The number of rotatable bonds is 7. The topological polar surface area (TPSA) is 58.2 Å². The predicted molar refractivity (Wildman–Crippen MR) is 98.9 cm³/mol. The first-order chi connectivity index (χ1) is 11.5. The summed E-state index contributed by atoms with van der Waals surface area (Å²) in [5.41, 5.74) is 1.47. The van der Waals surface area contributed by atoms with E-state index in [2.05, 4.69) is 10.6 Å². The molecule has 24 heavy (non-hydrogen) atoms. The summed E-state index contributed by atoms with van der Waals surface area (Å²) in [5, 5.41) is 10.4. The summed E-state index contributed by atoms with van der Waals surface area (Å²) in [5.74, 6) is -0.198. The summed E-state index contributed by atoms with van der Waals surface area (Å²) in [6, 6.07) is 6.76. The van der Waals surface area contributed by atoms with E-state index in [9.17, 15) is 9.59 Å². The molecule has 1 unspecified atom stereocenters. The molecule has 1 atom stereocenters. The van der Waals surface area contributed by atoms with Crippen LogP contribution in [0.3, 0.4) is 0 Å². The number of hydrogen-bond acceptors (Lipinski definition) is 3. The highest BCUT2D eigenvalue weighted by atomic mass is 35.5. The lowest BCUT2D eigenvalue weighted by Gasteiger charge is -2.16. The van der Waals surface area contributed by atoms with Crippen molar-refractivity contribution >= 4 is 46.4 Å². The lowest BCUT2D eigenvalue weighted by molar-refractivity contribution is -0.121. The van der Waals surface area contributed by atoms with Gasteiger partial charge < -0.3 is 10.6 Å². The van der Waals surface area contributed by atoms with E-state index in [-0.39, 0.29) is 17.9 Å². The first kappa shape index (κ1) is 18.8. The molecule has 128 valence electrons. The quantitative estimate of drug-likeness (QED) is 0.693. The molecular weight excluding hydrogens is 367 g/mol.